The Labute approximate surface area is 117 Å². The van der Waals surface area contributed by atoms with Gasteiger partial charge in [-0.3, -0.25) is 0 Å². The molecule has 5 nitrogen and oxygen atoms in total. The minimum atomic E-state index is 0.135. The number of nitrogens with zero attached hydrogens (tertiary/aromatic N) is 1. The van der Waals surface area contributed by atoms with Gasteiger partial charge in [0, 0.05) is 17.8 Å². The normalized spacial score (nSPS) is 11.4. The van der Waals surface area contributed by atoms with Gasteiger partial charge in [-0.1, -0.05) is 12.1 Å². The number of phenols is 2. The number of hydrogen-bond donors (Lipinski definition) is 4. The summed E-state index contributed by atoms with van der Waals surface area (Å²) in [5.41, 5.74) is 8.97. The summed E-state index contributed by atoms with van der Waals surface area (Å²) in [6.07, 6.45) is 0. The molecule has 5 N–H and O–H groups in total. The largest absolute Gasteiger partial charge is 0.508 e. The third kappa shape index (κ3) is 3.20. The topological polar surface area (TPSA) is 90.9 Å². The summed E-state index contributed by atoms with van der Waals surface area (Å²) in [5.74, 6) is 0.475. The van der Waals surface area contributed by atoms with E-state index < -0.39 is 0 Å². The third-order valence-corrected chi connectivity index (χ3v) is 2.92. The van der Waals surface area contributed by atoms with E-state index in [1.807, 2.05) is 13.8 Å². The van der Waals surface area contributed by atoms with Gasteiger partial charge >= 0.3 is 0 Å². The van der Waals surface area contributed by atoms with Crippen LogP contribution in [0.15, 0.2) is 41.4 Å². The molecule has 0 fully saturated rings. The van der Waals surface area contributed by atoms with E-state index in [1.54, 1.807) is 36.4 Å². The molecule has 20 heavy (non-hydrogen) atoms. The van der Waals surface area contributed by atoms with Gasteiger partial charge in [-0.25, -0.2) is 4.99 Å². The molecule has 2 rings (SSSR count). The molecule has 0 aliphatic carbocycles. The minimum Gasteiger partial charge on any atom is -0.508 e. The lowest BCUT2D eigenvalue weighted by atomic mass is 10.2. The first-order valence-electron chi connectivity index (χ1n) is 6.16. The Balaban J connectivity index is 2.27. The molecule has 0 bridgehead atoms. The molecule has 0 aliphatic heterocycles. The number of hydrogen-bond acceptors (Lipinski definition) is 3. The molecule has 0 spiro atoms. The Bertz CT molecular complexity index is 666. The quantitative estimate of drug-likeness (QED) is 0.499. The molecule has 0 aliphatic rings. The third-order valence-electron chi connectivity index (χ3n) is 2.92. The second-order valence-electron chi connectivity index (χ2n) is 4.59. The molecule has 0 unspecified atom stereocenters. The van der Waals surface area contributed by atoms with E-state index in [9.17, 15) is 10.2 Å². The molecule has 0 heterocycles. The molecule has 104 valence electrons. The number of phenolic OH excluding ortho intramolecular Hbond substituents is 2. The highest BCUT2D eigenvalue weighted by molar-refractivity contribution is 5.95. The number of aromatic hydroxyl groups is 2. The Hall–Kier alpha value is -2.69. The number of guanidine groups is 1. The van der Waals surface area contributed by atoms with Crippen LogP contribution >= 0.6 is 0 Å². The van der Waals surface area contributed by atoms with E-state index in [0.717, 1.165) is 11.1 Å². The number of nitrogens with one attached hydrogen (secondary N) is 1. The highest BCUT2D eigenvalue weighted by Crippen LogP contribution is 2.24. The summed E-state index contributed by atoms with van der Waals surface area (Å²) < 4.78 is 0. The Morgan fingerprint density at radius 3 is 2.30 bits per heavy atom. The Morgan fingerprint density at radius 1 is 1.00 bits per heavy atom. The molecule has 0 saturated carbocycles. The molecular formula is C15H17N3O2. The SMILES string of the molecule is Cc1ccc(O)cc1N=C(N)Nc1cc(O)ccc1C. The fourth-order valence-electron chi connectivity index (χ4n) is 1.76. The molecule has 0 radical (unpaired) electrons. The fourth-order valence-corrected chi connectivity index (χ4v) is 1.76. The van der Waals surface area contributed by atoms with Crippen molar-refractivity contribution in [1.29, 1.82) is 0 Å². The van der Waals surface area contributed by atoms with Crippen LogP contribution in [0.3, 0.4) is 0 Å². The number of anilines is 1. The van der Waals surface area contributed by atoms with E-state index in [2.05, 4.69) is 10.3 Å². The van der Waals surface area contributed by atoms with Crippen molar-refractivity contribution in [1.82, 2.24) is 0 Å². The van der Waals surface area contributed by atoms with Crippen LogP contribution in [0.1, 0.15) is 11.1 Å². The lowest BCUT2D eigenvalue weighted by Crippen LogP contribution is -2.22. The minimum absolute atomic E-state index is 0.135. The standard InChI is InChI=1S/C15H17N3O2/c1-9-3-5-11(19)7-13(9)17-15(16)18-14-8-12(20)6-4-10(14)2/h3-8,19-20H,1-2H3,(H3,16,17,18). The second-order valence-corrected chi connectivity index (χ2v) is 4.59. The predicted molar refractivity (Wildman–Crippen MR) is 80.6 cm³/mol. The maximum atomic E-state index is 9.47. The van der Waals surface area contributed by atoms with E-state index in [4.69, 9.17) is 5.73 Å². The van der Waals surface area contributed by atoms with Gasteiger partial charge in [0.1, 0.15) is 11.5 Å². The van der Waals surface area contributed by atoms with Crippen LogP contribution in [0, 0.1) is 13.8 Å². The van der Waals surface area contributed by atoms with E-state index in [-0.39, 0.29) is 17.5 Å². The van der Waals surface area contributed by atoms with Crippen molar-refractivity contribution in [3.8, 4) is 11.5 Å². The highest BCUT2D eigenvalue weighted by Gasteiger charge is 2.03. The number of benzene rings is 2. The molecule has 2 aromatic carbocycles. The first-order valence-corrected chi connectivity index (χ1v) is 6.16. The average Bonchev–Trinajstić information content (AvgIpc) is 2.38. The van der Waals surface area contributed by atoms with E-state index >= 15 is 0 Å². The van der Waals surface area contributed by atoms with Gasteiger partial charge in [0.15, 0.2) is 5.96 Å². The van der Waals surface area contributed by atoms with Crippen molar-refractivity contribution < 1.29 is 10.2 Å². The molecule has 0 saturated heterocycles. The molecular weight excluding hydrogens is 254 g/mol. The summed E-state index contributed by atoms with van der Waals surface area (Å²) in [4.78, 5) is 4.23. The van der Waals surface area contributed by atoms with Gasteiger partial charge in [-0.15, -0.1) is 0 Å². The van der Waals surface area contributed by atoms with Gasteiger partial charge in [-0.2, -0.15) is 0 Å². The zero-order valence-electron chi connectivity index (χ0n) is 11.4. The van der Waals surface area contributed by atoms with Crippen molar-refractivity contribution >= 4 is 17.3 Å². The molecule has 0 amide bonds. The van der Waals surface area contributed by atoms with Crippen LogP contribution in [-0.4, -0.2) is 16.2 Å². The summed E-state index contributed by atoms with van der Waals surface area (Å²) >= 11 is 0. The molecule has 0 aromatic heterocycles. The smallest absolute Gasteiger partial charge is 0.198 e. The fraction of sp³-hybridized carbons (Fsp3) is 0.133. The van der Waals surface area contributed by atoms with Crippen molar-refractivity contribution in [2.45, 2.75) is 13.8 Å². The summed E-state index contributed by atoms with van der Waals surface area (Å²) in [6, 6.07) is 9.86. The van der Waals surface area contributed by atoms with Crippen molar-refractivity contribution in [3.63, 3.8) is 0 Å². The lowest BCUT2D eigenvalue weighted by Gasteiger charge is -2.10. The zero-order valence-corrected chi connectivity index (χ0v) is 11.4. The summed E-state index contributed by atoms with van der Waals surface area (Å²) in [5, 5.41) is 21.9. The van der Waals surface area contributed by atoms with Gasteiger partial charge in [0.2, 0.25) is 0 Å². The first kappa shape index (κ1) is 13.7. The number of aryl methyl sites for hydroxylation is 2. The molecule has 5 heteroatoms. The van der Waals surface area contributed by atoms with Crippen LogP contribution in [0.25, 0.3) is 0 Å². The van der Waals surface area contributed by atoms with Crippen molar-refractivity contribution in [3.05, 3.63) is 47.5 Å². The summed E-state index contributed by atoms with van der Waals surface area (Å²) in [6.45, 7) is 3.78. The van der Waals surface area contributed by atoms with Gasteiger partial charge in [0.25, 0.3) is 0 Å². The average molecular weight is 271 g/mol. The van der Waals surface area contributed by atoms with Crippen molar-refractivity contribution in [2.75, 3.05) is 5.32 Å². The highest BCUT2D eigenvalue weighted by atomic mass is 16.3. The number of aliphatic imine (C=N–C) groups is 1. The van der Waals surface area contributed by atoms with E-state index in [1.165, 1.54) is 0 Å². The maximum absolute atomic E-state index is 9.47. The van der Waals surface area contributed by atoms with Gasteiger partial charge in [-0.05, 0) is 37.1 Å². The van der Waals surface area contributed by atoms with Crippen LogP contribution in [0.2, 0.25) is 0 Å². The Kier molecular flexibility index (Phi) is 3.79. The van der Waals surface area contributed by atoms with Crippen LogP contribution in [0.4, 0.5) is 11.4 Å². The molecule has 0 atom stereocenters. The van der Waals surface area contributed by atoms with Crippen LogP contribution in [-0.2, 0) is 0 Å². The van der Waals surface area contributed by atoms with Gasteiger partial charge < -0.3 is 21.3 Å². The van der Waals surface area contributed by atoms with Crippen LogP contribution in [0.5, 0.6) is 11.5 Å². The Morgan fingerprint density at radius 2 is 1.60 bits per heavy atom. The monoisotopic (exact) mass is 271 g/mol. The van der Waals surface area contributed by atoms with Crippen LogP contribution < -0.4 is 11.1 Å². The number of rotatable bonds is 2. The van der Waals surface area contributed by atoms with E-state index in [0.29, 0.717) is 11.4 Å². The first-order chi connectivity index (χ1) is 9.45. The number of nitrogens with two attached hydrogens (primary N) is 1. The zero-order chi connectivity index (χ0) is 14.7. The second kappa shape index (κ2) is 5.52. The van der Waals surface area contributed by atoms with Gasteiger partial charge in [0.05, 0.1) is 5.69 Å². The lowest BCUT2D eigenvalue weighted by molar-refractivity contribution is 0.475. The van der Waals surface area contributed by atoms with Crippen molar-refractivity contribution in [2.24, 2.45) is 10.7 Å². The maximum Gasteiger partial charge on any atom is 0.198 e. The predicted octanol–water partition coefficient (Wildman–Crippen LogP) is 2.77. The molecule has 2 aromatic rings. The summed E-state index contributed by atoms with van der Waals surface area (Å²) in [7, 11) is 0.